The summed E-state index contributed by atoms with van der Waals surface area (Å²) < 4.78 is 0. The fraction of sp³-hybridized carbons (Fsp3) is 0.833. The molecule has 0 saturated carbocycles. The molecule has 0 aromatic rings. The average Bonchev–Trinajstić information content (AvgIpc) is 1.82. The maximum absolute atomic E-state index is 2.39. The van der Waals surface area contributed by atoms with Crippen LogP contribution in [0.1, 0.15) is 54.4 Å². The van der Waals surface area contributed by atoms with E-state index in [-0.39, 0.29) is 0 Å². The van der Waals surface area contributed by atoms with Crippen molar-refractivity contribution >= 4 is 0 Å². The van der Waals surface area contributed by atoms with E-state index in [9.17, 15) is 0 Å². The lowest BCUT2D eigenvalue weighted by Gasteiger charge is -2.46. The molecule has 0 aliphatic heterocycles. The number of hydrogen-bond donors (Lipinski definition) is 0. The summed E-state index contributed by atoms with van der Waals surface area (Å²) in [6, 6.07) is 0. The molecule has 0 heteroatoms. The molecule has 0 unspecified atom stereocenters. The molecule has 70 valence electrons. The Morgan fingerprint density at radius 1 is 0.750 bits per heavy atom. The Bertz CT molecular complexity index is 192. The highest BCUT2D eigenvalue weighted by Crippen LogP contribution is 2.51. The molecule has 0 aromatic carbocycles. The Morgan fingerprint density at radius 2 is 1.00 bits per heavy atom. The summed E-state index contributed by atoms with van der Waals surface area (Å²) in [5, 5.41) is 0. The zero-order valence-corrected chi connectivity index (χ0v) is 9.41. The van der Waals surface area contributed by atoms with Crippen molar-refractivity contribution < 1.29 is 0 Å². The zero-order valence-electron chi connectivity index (χ0n) is 9.41. The largest absolute Gasteiger partial charge is 0.0738 e. The van der Waals surface area contributed by atoms with Crippen molar-refractivity contribution in [2.24, 2.45) is 10.8 Å². The van der Waals surface area contributed by atoms with E-state index < -0.39 is 0 Å². The second kappa shape index (κ2) is 2.61. The van der Waals surface area contributed by atoms with E-state index in [0.717, 1.165) is 0 Å². The summed E-state index contributed by atoms with van der Waals surface area (Å²) in [5.41, 5.74) is 4.16. The Labute approximate surface area is 77.1 Å². The average molecular weight is 166 g/mol. The van der Waals surface area contributed by atoms with E-state index in [1.54, 1.807) is 11.1 Å². The molecule has 0 nitrogen and oxygen atoms in total. The van der Waals surface area contributed by atoms with E-state index in [1.807, 2.05) is 0 Å². The van der Waals surface area contributed by atoms with Crippen molar-refractivity contribution in [3.05, 3.63) is 11.1 Å². The first-order valence-electron chi connectivity index (χ1n) is 4.91. The van der Waals surface area contributed by atoms with Crippen LogP contribution in [0.3, 0.4) is 0 Å². The van der Waals surface area contributed by atoms with Crippen molar-refractivity contribution in [2.45, 2.75) is 54.4 Å². The SMILES string of the molecule is CC1=C(C)CC(C)(C)C(C)(C)C1. The summed E-state index contributed by atoms with van der Waals surface area (Å²) in [7, 11) is 0. The predicted molar refractivity (Wildman–Crippen MR) is 55.2 cm³/mol. The van der Waals surface area contributed by atoms with Crippen molar-refractivity contribution in [3.63, 3.8) is 0 Å². The molecule has 12 heavy (non-hydrogen) atoms. The van der Waals surface area contributed by atoms with Crippen LogP contribution in [0.5, 0.6) is 0 Å². The van der Waals surface area contributed by atoms with Crippen molar-refractivity contribution in [1.82, 2.24) is 0 Å². The summed E-state index contributed by atoms with van der Waals surface area (Å²) in [5.74, 6) is 0. The smallest absolute Gasteiger partial charge is 0.0263 e. The highest BCUT2D eigenvalue weighted by molar-refractivity contribution is 5.19. The lowest BCUT2D eigenvalue weighted by Crippen LogP contribution is -2.36. The fourth-order valence-electron chi connectivity index (χ4n) is 2.11. The molecule has 0 saturated heterocycles. The van der Waals surface area contributed by atoms with Gasteiger partial charge in [-0.05, 0) is 37.5 Å². The molecule has 0 spiro atoms. The lowest BCUT2D eigenvalue weighted by atomic mass is 9.59. The van der Waals surface area contributed by atoms with Crippen molar-refractivity contribution in [3.8, 4) is 0 Å². The highest BCUT2D eigenvalue weighted by atomic mass is 14.4. The first-order chi connectivity index (χ1) is 5.26. The zero-order chi connectivity index (χ0) is 9.57. The van der Waals surface area contributed by atoms with Gasteiger partial charge in [0.1, 0.15) is 0 Å². The molecular formula is C12H22. The predicted octanol–water partition coefficient (Wildman–Crippen LogP) is 4.17. The van der Waals surface area contributed by atoms with Crippen LogP contribution >= 0.6 is 0 Å². The van der Waals surface area contributed by atoms with Crippen molar-refractivity contribution in [2.75, 3.05) is 0 Å². The summed E-state index contributed by atoms with van der Waals surface area (Å²) in [4.78, 5) is 0. The maximum Gasteiger partial charge on any atom is -0.0263 e. The molecule has 0 amide bonds. The number of allylic oxidation sites excluding steroid dienone is 2. The quantitative estimate of drug-likeness (QED) is 0.474. The molecule has 0 aromatic heterocycles. The molecular weight excluding hydrogens is 144 g/mol. The van der Waals surface area contributed by atoms with Crippen LogP contribution in [0.2, 0.25) is 0 Å². The van der Waals surface area contributed by atoms with Crippen LogP contribution in [0.25, 0.3) is 0 Å². The molecule has 0 radical (unpaired) electrons. The Morgan fingerprint density at radius 3 is 1.25 bits per heavy atom. The van der Waals surface area contributed by atoms with Gasteiger partial charge in [-0.1, -0.05) is 38.8 Å². The van der Waals surface area contributed by atoms with Crippen LogP contribution in [0.4, 0.5) is 0 Å². The van der Waals surface area contributed by atoms with E-state index in [1.165, 1.54) is 12.8 Å². The third-order valence-electron chi connectivity index (χ3n) is 3.97. The molecule has 0 heterocycles. The standard InChI is InChI=1S/C12H22/c1-9-7-11(3,4)12(5,6)8-10(9)2/h7-8H2,1-6H3. The minimum atomic E-state index is 0.469. The molecule has 1 aliphatic rings. The number of hydrogen-bond acceptors (Lipinski definition) is 0. The molecule has 0 bridgehead atoms. The third kappa shape index (κ3) is 1.44. The molecule has 1 rings (SSSR count). The van der Waals surface area contributed by atoms with Crippen LogP contribution in [0, 0.1) is 10.8 Å². The Balaban J connectivity index is 3.00. The molecule has 0 fully saturated rings. The minimum absolute atomic E-state index is 0.469. The lowest BCUT2D eigenvalue weighted by molar-refractivity contribution is 0.0967. The maximum atomic E-state index is 2.39. The Kier molecular flexibility index (Phi) is 2.14. The van der Waals surface area contributed by atoms with Gasteiger partial charge in [0.2, 0.25) is 0 Å². The monoisotopic (exact) mass is 166 g/mol. The van der Waals surface area contributed by atoms with Gasteiger partial charge in [-0.3, -0.25) is 0 Å². The van der Waals surface area contributed by atoms with Gasteiger partial charge < -0.3 is 0 Å². The van der Waals surface area contributed by atoms with Gasteiger partial charge in [0.15, 0.2) is 0 Å². The van der Waals surface area contributed by atoms with E-state index >= 15 is 0 Å². The first kappa shape index (κ1) is 9.83. The number of rotatable bonds is 0. The van der Waals surface area contributed by atoms with Gasteiger partial charge in [0.05, 0.1) is 0 Å². The second-order valence-electron chi connectivity index (χ2n) is 5.68. The van der Waals surface area contributed by atoms with Gasteiger partial charge in [-0.15, -0.1) is 0 Å². The van der Waals surface area contributed by atoms with Gasteiger partial charge in [-0.2, -0.15) is 0 Å². The normalized spacial score (nSPS) is 27.5. The molecule has 1 aliphatic carbocycles. The van der Waals surface area contributed by atoms with Crippen LogP contribution < -0.4 is 0 Å². The van der Waals surface area contributed by atoms with Crippen LogP contribution in [0.15, 0.2) is 11.1 Å². The fourth-order valence-corrected chi connectivity index (χ4v) is 2.11. The van der Waals surface area contributed by atoms with E-state index in [0.29, 0.717) is 10.8 Å². The minimum Gasteiger partial charge on any atom is -0.0738 e. The van der Waals surface area contributed by atoms with Crippen molar-refractivity contribution in [1.29, 1.82) is 0 Å². The van der Waals surface area contributed by atoms with Gasteiger partial charge in [0.25, 0.3) is 0 Å². The topological polar surface area (TPSA) is 0 Å². The van der Waals surface area contributed by atoms with E-state index in [2.05, 4.69) is 41.5 Å². The Hall–Kier alpha value is -0.260. The van der Waals surface area contributed by atoms with Crippen LogP contribution in [-0.2, 0) is 0 Å². The first-order valence-corrected chi connectivity index (χ1v) is 4.91. The molecule has 0 N–H and O–H groups in total. The summed E-state index contributed by atoms with van der Waals surface area (Å²) in [6.45, 7) is 14.1. The van der Waals surface area contributed by atoms with Gasteiger partial charge >= 0.3 is 0 Å². The summed E-state index contributed by atoms with van der Waals surface area (Å²) in [6.07, 6.45) is 2.54. The molecule has 0 atom stereocenters. The van der Waals surface area contributed by atoms with Gasteiger partial charge in [0, 0.05) is 0 Å². The van der Waals surface area contributed by atoms with Gasteiger partial charge in [-0.25, -0.2) is 0 Å². The summed E-state index contributed by atoms with van der Waals surface area (Å²) >= 11 is 0. The van der Waals surface area contributed by atoms with E-state index in [4.69, 9.17) is 0 Å². The third-order valence-corrected chi connectivity index (χ3v) is 3.97. The van der Waals surface area contributed by atoms with Crippen LogP contribution in [-0.4, -0.2) is 0 Å². The highest BCUT2D eigenvalue weighted by Gasteiger charge is 2.40. The second-order valence-corrected chi connectivity index (χ2v) is 5.68.